The van der Waals surface area contributed by atoms with Gasteiger partial charge in [0.25, 0.3) is 0 Å². The van der Waals surface area contributed by atoms with Crippen LogP contribution in [-0.2, 0) is 19.1 Å². The Morgan fingerprint density at radius 1 is 1.00 bits per heavy atom. The molecule has 0 aromatic heterocycles. The molecule has 0 aliphatic carbocycles. The van der Waals surface area contributed by atoms with Gasteiger partial charge >= 0.3 is 6.09 Å². The number of ether oxygens (including phenoxy) is 2. The van der Waals surface area contributed by atoms with Crippen LogP contribution in [0.1, 0.15) is 73.6 Å². The summed E-state index contributed by atoms with van der Waals surface area (Å²) in [6.07, 6.45) is 3.68. The summed E-state index contributed by atoms with van der Waals surface area (Å²) in [7, 11) is 0. The summed E-state index contributed by atoms with van der Waals surface area (Å²) in [5.41, 5.74) is -0.775. The first-order valence-electron chi connectivity index (χ1n) is 12.8. The largest absolute Gasteiger partial charge is 0.444 e. The summed E-state index contributed by atoms with van der Waals surface area (Å²) < 4.78 is 11.5. The van der Waals surface area contributed by atoms with Crippen LogP contribution in [0.3, 0.4) is 0 Å². The number of amides is 3. The van der Waals surface area contributed by atoms with E-state index >= 15 is 0 Å². The maximum atomic E-state index is 13.2. The SMILES string of the molecule is CC(C)(C)OC(=O)N1CCC[C@H](CNC(=O)[C@H]2CCCN2C(=O)[C@@H]2C[C@@H](OC(C)(C)C)CN2)C1. The number of carbonyl (C=O) groups is 3. The number of nitrogens with zero attached hydrogens (tertiary/aromatic N) is 2. The van der Waals surface area contributed by atoms with Gasteiger partial charge in [-0.25, -0.2) is 4.79 Å². The Bertz CT molecular complexity index is 745. The minimum Gasteiger partial charge on any atom is -0.444 e. The van der Waals surface area contributed by atoms with Gasteiger partial charge in [0, 0.05) is 32.7 Å². The van der Waals surface area contributed by atoms with Crippen molar-refractivity contribution in [1.82, 2.24) is 20.4 Å². The standard InChI is InChI=1S/C25H44N4O5/c1-24(2,3)33-18-13-19(26-15-18)22(31)29-12-8-10-20(29)21(30)27-14-17-9-7-11-28(16-17)23(32)34-25(4,5)6/h17-20,26H,7-16H2,1-6H3,(H,27,30)/t17-,18-,19+,20-/m1/s1. The second-order valence-corrected chi connectivity index (χ2v) is 11.9. The molecule has 3 aliphatic heterocycles. The monoisotopic (exact) mass is 480 g/mol. The molecule has 3 amide bonds. The Morgan fingerprint density at radius 2 is 1.71 bits per heavy atom. The predicted molar refractivity (Wildman–Crippen MR) is 129 cm³/mol. The molecular formula is C25H44N4O5. The average Bonchev–Trinajstić information content (AvgIpc) is 3.39. The Labute approximate surface area is 204 Å². The van der Waals surface area contributed by atoms with E-state index in [1.54, 1.807) is 9.80 Å². The van der Waals surface area contributed by atoms with Crippen LogP contribution in [0.5, 0.6) is 0 Å². The molecule has 0 radical (unpaired) electrons. The molecule has 4 atom stereocenters. The number of hydrogen-bond donors (Lipinski definition) is 2. The topological polar surface area (TPSA) is 100 Å². The van der Waals surface area contributed by atoms with Crippen molar-refractivity contribution < 1.29 is 23.9 Å². The van der Waals surface area contributed by atoms with E-state index in [0.717, 1.165) is 19.3 Å². The van der Waals surface area contributed by atoms with Crippen LogP contribution in [0, 0.1) is 5.92 Å². The summed E-state index contributed by atoms with van der Waals surface area (Å²) in [4.78, 5) is 42.1. The molecule has 9 heteroatoms. The van der Waals surface area contributed by atoms with Crippen LogP contribution in [0.2, 0.25) is 0 Å². The molecule has 2 N–H and O–H groups in total. The van der Waals surface area contributed by atoms with Crippen molar-refractivity contribution in [3.05, 3.63) is 0 Å². The zero-order chi connectivity index (χ0) is 25.1. The highest BCUT2D eigenvalue weighted by Gasteiger charge is 2.40. The van der Waals surface area contributed by atoms with Crippen molar-refractivity contribution in [3.8, 4) is 0 Å². The summed E-state index contributed by atoms with van der Waals surface area (Å²) in [5.74, 6) is 0.0785. The van der Waals surface area contributed by atoms with Crippen LogP contribution in [-0.4, -0.2) is 89.8 Å². The van der Waals surface area contributed by atoms with Gasteiger partial charge in [-0.3, -0.25) is 9.59 Å². The molecule has 3 aliphatic rings. The first-order chi connectivity index (χ1) is 15.8. The molecule has 194 valence electrons. The van der Waals surface area contributed by atoms with E-state index in [-0.39, 0.29) is 41.6 Å². The molecular weight excluding hydrogens is 436 g/mol. The van der Waals surface area contributed by atoms with Gasteiger partial charge < -0.3 is 29.9 Å². The van der Waals surface area contributed by atoms with Gasteiger partial charge in [-0.05, 0) is 79.6 Å². The van der Waals surface area contributed by atoms with E-state index in [1.807, 2.05) is 41.5 Å². The number of piperidine rings is 1. The highest BCUT2D eigenvalue weighted by Crippen LogP contribution is 2.24. The van der Waals surface area contributed by atoms with Gasteiger partial charge in [0.1, 0.15) is 11.6 Å². The summed E-state index contributed by atoms with van der Waals surface area (Å²) >= 11 is 0. The lowest BCUT2D eigenvalue weighted by Gasteiger charge is -2.34. The van der Waals surface area contributed by atoms with E-state index in [2.05, 4.69) is 10.6 Å². The van der Waals surface area contributed by atoms with Crippen LogP contribution in [0.25, 0.3) is 0 Å². The lowest BCUT2D eigenvalue weighted by molar-refractivity contribution is -0.140. The molecule has 0 aromatic carbocycles. The van der Waals surface area contributed by atoms with Crippen LogP contribution in [0.4, 0.5) is 4.79 Å². The molecule has 3 fully saturated rings. The first kappa shape index (κ1) is 26.7. The summed E-state index contributed by atoms with van der Waals surface area (Å²) in [6, 6.07) is -0.732. The first-order valence-corrected chi connectivity index (χ1v) is 12.8. The quantitative estimate of drug-likeness (QED) is 0.626. The van der Waals surface area contributed by atoms with Gasteiger partial charge in [-0.2, -0.15) is 0 Å². The lowest BCUT2D eigenvalue weighted by Crippen LogP contribution is -2.52. The number of carbonyl (C=O) groups excluding carboxylic acids is 3. The van der Waals surface area contributed by atoms with Crippen molar-refractivity contribution in [1.29, 1.82) is 0 Å². The van der Waals surface area contributed by atoms with Gasteiger partial charge in [-0.1, -0.05) is 0 Å². The second kappa shape index (κ2) is 10.8. The number of likely N-dealkylation sites (tertiary alicyclic amines) is 2. The second-order valence-electron chi connectivity index (χ2n) is 11.9. The van der Waals surface area contributed by atoms with Crippen molar-refractivity contribution in [2.45, 2.75) is 103 Å². The van der Waals surface area contributed by atoms with E-state index < -0.39 is 11.6 Å². The fourth-order valence-electron chi connectivity index (χ4n) is 5.07. The Balaban J connectivity index is 1.48. The normalized spacial score (nSPS) is 28.2. The van der Waals surface area contributed by atoms with Gasteiger partial charge in [-0.15, -0.1) is 0 Å². The fraction of sp³-hybridized carbons (Fsp3) is 0.880. The highest BCUT2D eigenvalue weighted by molar-refractivity contribution is 5.90. The van der Waals surface area contributed by atoms with Gasteiger partial charge in [0.05, 0.1) is 17.7 Å². The number of hydrogen-bond acceptors (Lipinski definition) is 6. The maximum Gasteiger partial charge on any atom is 0.410 e. The molecule has 0 unspecified atom stereocenters. The zero-order valence-electron chi connectivity index (χ0n) is 21.8. The van der Waals surface area contributed by atoms with E-state index in [4.69, 9.17) is 9.47 Å². The molecule has 9 nitrogen and oxygen atoms in total. The lowest BCUT2D eigenvalue weighted by atomic mass is 9.98. The van der Waals surface area contributed by atoms with Crippen molar-refractivity contribution in [2.75, 3.05) is 32.7 Å². The third-order valence-corrected chi connectivity index (χ3v) is 6.48. The highest BCUT2D eigenvalue weighted by atomic mass is 16.6. The Hall–Kier alpha value is -1.87. The van der Waals surface area contributed by atoms with Crippen LogP contribution < -0.4 is 10.6 Å². The summed E-state index contributed by atoms with van der Waals surface area (Å²) in [6.45, 7) is 14.6. The molecule has 0 aromatic rings. The third-order valence-electron chi connectivity index (χ3n) is 6.48. The Kier molecular flexibility index (Phi) is 8.50. The Morgan fingerprint density at radius 3 is 2.38 bits per heavy atom. The molecule has 3 heterocycles. The van der Waals surface area contributed by atoms with Crippen LogP contribution in [0.15, 0.2) is 0 Å². The number of rotatable bonds is 5. The fourth-order valence-corrected chi connectivity index (χ4v) is 5.07. The van der Waals surface area contributed by atoms with Crippen molar-refractivity contribution in [3.63, 3.8) is 0 Å². The van der Waals surface area contributed by atoms with E-state index in [0.29, 0.717) is 45.6 Å². The summed E-state index contributed by atoms with van der Waals surface area (Å²) in [5, 5.41) is 6.34. The molecule has 0 spiro atoms. The third kappa shape index (κ3) is 7.57. The molecule has 34 heavy (non-hydrogen) atoms. The molecule has 0 bridgehead atoms. The minimum absolute atomic E-state index is 0.00282. The van der Waals surface area contributed by atoms with E-state index in [9.17, 15) is 14.4 Å². The number of nitrogens with one attached hydrogen (secondary N) is 2. The van der Waals surface area contributed by atoms with Crippen molar-refractivity contribution in [2.24, 2.45) is 5.92 Å². The smallest absolute Gasteiger partial charge is 0.410 e. The van der Waals surface area contributed by atoms with Crippen LogP contribution >= 0.6 is 0 Å². The minimum atomic E-state index is -0.524. The van der Waals surface area contributed by atoms with Crippen molar-refractivity contribution >= 4 is 17.9 Å². The predicted octanol–water partition coefficient (Wildman–Crippen LogP) is 2.29. The molecule has 3 rings (SSSR count). The van der Waals surface area contributed by atoms with Gasteiger partial charge in [0.15, 0.2) is 0 Å². The molecule has 3 saturated heterocycles. The maximum absolute atomic E-state index is 13.2. The molecule has 0 saturated carbocycles. The zero-order valence-corrected chi connectivity index (χ0v) is 21.8. The average molecular weight is 481 g/mol. The van der Waals surface area contributed by atoms with Gasteiger partial charge in [0.2, 0.25) is 11.8 Å². The van der Waals surface area contributed by atoms with E-state index in [1.165, 1.54) is 0 Å².